The number of aliphatic carboxylic acids is 1. The highest BCUT2D eigenvalue weighted by molar-refractivity contribution is 5.71. The molecule has 0 aromatic carbocycles. The molecular weight excluding hydrogens is 130 g/mol. The van der Waals surface area contributed by atoms with E-state index in [1.54, 1.807) is 0 Å². The van der Waals surface area contributed by atoms with Gasteiger partial charge in [-0.25, -0.2) is 0 Å². The molecule has 3 nitrogen and oxygen atoms in total. The average Bonchev–Trinajstić information content (AvgIpc) is 2.14. The maximum Gasteiger partial charge on any atom is 0.308 e. The van der Waals surface area contributed by atoms with Gasteiger partial charge >= 0.3 is 5.97 Å². The molecule has 1 rings (SSSR count). The zero-order valence-corrected chi connectivity index (χ0v) is 6.08. The van der Waals surface area contributed by atoms with Crippen molar-refractivity contribution in [2.24, 2.45) is 5.92 Å². The first-order valence-electron chi connectivity index (χ1n) is 3.43. The van der Waals surface area contributed by atoms with Crippen LogP contribution in [0.4, 0.5) is 0 Å². The predicted molar refractivity (Wildman–Crippen MR) is 37.3 cm³/mol. The largest absolute Gasteiger partial charge is 0.481 e. The molecule has 0 aromatic heterocycles. The highest BCUT2D eigenvalue weighted by Gasteiger charge is 2.29. The van der Waals surface area contributed by atoms with Gasteiger partial charge in [0.25, 0.3) is 0 Å². The molecule has 1 aliphatic heterocycles. The molecule has 1 aliphatic rings. The fraction of sp³-hybridized carbons (Fsp3) is 0.714. The maximum absolute atomic E-state index is 10.5. The SMILES string of the molecule is [CH2-]N1CC[C@H](C(=O)O)[C@@H]1C. The number of carboxylic acids is 1. The van der Waals surface area contributed by atoms with Crippen molar-refractivity contribution in [2.45, 2.75) is 19.4 Å². The van der Waals surface area contributed by atoms with Gasteiger partial charge in [0.2, 0.25) is 0 Å². The van der Waals surface area contributed by atoms with Gasteiger partial charge in [-0.3, -0.25) is 11.8 Å². The van der Waals surface area contributed by atoms with Crippen LogP contribution in [0, 0.1) is 13.0 Å². The first-order valence-corrected chi connectivity index (χ1v) is 3.43. The summed E-state index contributed by atoms with van der Waals surface area (Å²) in [6.07, 6.45) is 0.736. The minimum Gasteiger partial charge on any atom is -0.481 e. The van der Waals surface area contributed by atoms with Crippen LogP contribution in [0.25, 0.3) is 0 Å². The zero-order valence-electron chi connectivity index (χ0n) is 6.08. The molecule has 1 N–H and O–H groups in total. The van der Waals surface area contributed by atoms with E-state index in [1.807, 2.05) is 11.8 Å². The standard InChI is InChI=1S/C7H12NO2/c1-5-6(7(9)10)3-4-8(5)2/h5-6H,2-4H2,1H3,(H,9,10)/q-1/t5-,6-/m0/s1. The van der Waals surface area contributed by atoms with Crippen LogP contribution in [0.3, 0.4) is 0 Å². The lowest BCUT2D eigenvalue weighted by atomic mass is 10.0. The number of rotatable bonds is 1. The van der Waals surface area contributed by atoms with E-state index in [2.05, 4.69) is 7.05 Å². The Morgan fingerprint density at radius 2 is 2.40 bits per heavy atom. The number of likely N-dealkylation sites (tertiary alicyclic amines) is 1. The molecule has 0 saturated carbocycles. The molecule has 2 atom stereocenters. The molecule has 0 aromatic rings. The summed E-state index contributed by atoms with van der Waals surface area (Å²) in [6.45, 7) is 2.71. The molecule has 0 unspecified atom stereocenters. The third-order valence-electron chi connectivity index (χ3n) is 2.20. The Bertz CT molecular complexity index is 147. The molecule has 1 saturated heterocycles. The second-order valence-electron chi connectivity index (χ2n) is 2.79. The van der Waals surface area contributed by atoms with Crippen LogP contribution in [-0.2, 0) is 4.79 Å². The van der Waals surface area contributed by atoms with Crippen molar-refractivity contribution in [3.63, 3.8) is 0 Å². The Balaban J connectivity index is 2.57. The summed E-state index contributed by atoms with van der Waals surface area (Å²) < 4.78 is 0. The minimum atomic E-state index is -0.696. The molecule has 0 amide bonds. The summed E-state index contributed by atoms with van der Waals surface area (Å²) in [6, 6.07) is 0.0949. The molecule has 0 radical (unpaired) electrons. The molecule has 0 aliphatic carbocycles. The third kappa shape index (κ3) is 1.14. The zero-order chi connectivity index (χ0) is 7.72. The van der Waals surface area contributed by atoms with Gasteiger partial charge in [0.15, 0.2) is 0 Å². The van der Waals surface area contributed by atoms with E-state index < -0.39 is 5.97 Å². The van der Waals surface area contributed by atoms with Crippen molar-refractivity contribution in [3.05, 3.63) is 7.05 Å². The van der Waals surface area contributed by atoms with Gasteiger partial charge in [0, 0.05) is 0 Å². The molecule has 10 heavy (non-hydrogen) atoms. The molecule has 0 spiro atoms. The molecule has 58 valence electrons. The average molecular weight is 142 g/mol. The van der Waals surface area contributed by atoms with Gasteiger partial charge < -0.3 is 10.0 Å². The number of carbonyl (C=O) groups is 1. The van der Waals surface area contributed by atoms with E-state index in [9.17, 15) is 4.79 Å². The molecule has 1 fully saturated rings. The lowest BCUT2D eigenvalue weighted by Crippen LogP contribution is -2.28. The number of hydrogen-bond acceptors (Lipinski definition) is 2. The second kappa shape index (κ2) is 2.58. The smallest absolute Gasteiger partial charge is 0.308 e. The Kier molecular flexibility index (Phi) is 1.94. The Hall–Kier alpha value is -0.570. The minimum absolute atomic E-state index is 0.0949. The summed E-state index contributed by atoms with van der Waals surface area (Å²) >= 11 is 0. The first-order chi connectivity index (χ1) is 4.63. The number of hydrogen-bond donors (Lipinski definition) is 1. The summed E-state index contributed by atoms with van der Waals surface area (Å²) in [5.74, 6) is -0.906. The molecule has 3 heteroatoms. The summed E-state index contributed by atoms with van der Waals surface area (Å²) in [7, 11) is 3.72. The number of carboxylic acid groups (broad SMARTS) is 1. The maximum atomic E-state index is 10.5. The topological polar surface area (TPSA) is 40.5 Å². The van der Waals surface area contributed by atoms with E-state index in [0.717, 1.165) is 13.0 Å². The van der Waals surface area contributed by atoms with Gasteiger partial charge in [0.1, 0.15) is 0 Å². The first kappa shape index (κ1) is 7.54. The monoisotopic (exact) mass is 142 g/mol. The third-order valence-corrected chi connectivity index (χ3v) is 2.20. The van der Waals surface area contributed by atoms with Crippen LogP contribution >= 0.6 is 0 Å². The van der Waals surface area contributed by atoms with E-state index in [4.69, 9.17) is 5.11 Å². The summed E-state index contributed by atoms with van der Waals surface area (Å²) in [5, 5.41) is 8.65. The molecular formula is C7H12NO2-. The van der Waals surface area contributed by atoms with Crippen molar-refractivity contribution < 1.29 is 9.90 Å². The van der Waals surface area contributed by atoms with Gasteiger partial charge in [-0.05, 0) is 19.0 Å². The highest BCUT2D eigenvalue weighted by Crippen LogP contribution is 2.22. The van der Waals surface area contributed by atoms with Crippen molar-refractivity contribution in [2.75, 3.05) is 6.54 Å². The quantitative estimate of drug-likeness (QED) is 0.544. The molecule has 0 bridgehead atoms. The Morgan fingerprint density at radius 1 is 1.80 bits per heavy atom. The van der Waals surface area contributed by atoms with Crippen LogP contribution in [0.5, 0.6) is 0 Å². The highest BCUT2D eigenvalue weighted by atomic mass is 16.4. The van der Waals surface area contributed by atoms with Gasteiger partial charge in [-0.15, -0.1) is 0 Å². The van der Waals surface area contributed by atoms with E-state index in [1.165, 1.54) is 0 Å². The summed E-state index contributed by atoms with van der Waals surface area (Å²) in [5.41, 5.74) is 0. The molecule has 1 heterocycles. The van der Waals surface area contributed by atoms with Crippen LogP contribution in [-0.4, -0.2) is 28.6 Å². The van der Waals surface area contributed by atoms with Gasteiger partial charge in [0.05, 0.1) is 5.92 Å². The van der Waals surface area contributed by atoms with Crippen molar-refractivity contribution >= 4 is 5.97 Å². The predicted octanol–water partition coefficient (Wildman–Crippen LogP) is 0.573. The number of nitrogens with zero attached hydrogens (tertiary/aromatic N) is 1. The Morgan fingerprint density at radius 3 is 2.60 bits per heavy atom. The van der Waals surface area contributed by atoms with E-state index in [-0.39, 0.29) is 12.0 Å². The lowest BCUT2D eigenvalue weighted by molar-refractivity contribution is -0.142. The fourth-order valence-corrected chi connectivity index (χ4v) is 1.33. The van der Waals surface area contributed by atoms with E-state index in [0.29, 0.717) is 0 Å². The van der Waals surface area contributed by atoms with Crippen molar-refractivity contribution in [3.8, 4) is 0 Å². The lowest BCUT2D eigenvalue weighted by Gasteiger charge is -2.24. The van der Waals surface area contributed by atoms with Gasteiger partial charge in [-0.2, -0.15) is 0 Å². The van der Waals surface area contributed by atoms with Crippen molar-refractivity contribution in [1.29, 1.82) is 0 Å². The normalized spacial score (nSPS) is 34.6. The van der Waals surface area contributed by atoms with Crippen LogP contribution in [0.15, 0.2) is 0 Å². The van der Waals surface area contributed by atoms with Crippen LogP contribution in [0.2, 0.25) is 0 Å². The van der Waals surface area contributed by atoms with Gasteiger partial charge in [-0.1, -0.05) is 6.92 Å². The second-order valence-corrected chi connectivity index (χ2v) is 2.79. The Labute approximate surface area is 60.6 Å². The van der Waals surface area contributed by atoms with Crippen LogP contribution < -0.4 is 0 Å². The van der Waals surface area contributed by atoms with E-state index >= 15 is 0 Å². The summed E-state index contributed by atoms with van der Waals surface area (Å²) in [4.78, 5) is 12.3. The van der Waals surface area contributed by atoms with Crippen molar-refractivity contribution in [1.82, 2.24) is 4.90 Å². The fourth-order valence-electron chi connectivity index (χ4n) is 1.33. The van der Waals surface area contributed by atoms with Crippen LogP contribution in [0.1, 0.15) is 13.3 Å².